The Hall–Kier alpha value is -2.27. The van der Waals surface area contributed by atoms with Crippen LogP contribution in [0.2, 0.25) is 0 Å². The van der Waals surface area contributed by atoms with Crippen molar-refractivity contribution < 1.29 is 9.53 Å². The van der Waals surface area contributed by atoms with Crippen LogP contribution in [0.1, 0.15) is 26.3 Å². The number of hydrogen-bond acceptors (Lipinski definition) is 4. The van der Waals surface area contributed by atoms with Gasteiger partial charge in [-0.15, -0.1) is 0 Å². The molecule has 2 aromatic rings. The normalized spacial score (nSPS) is 15.4. The molecule has 0 saturated carbocycles. The quantitative estimate of drug-likeness (QED) is 0.917. The number of carbonyl (C=O) groups excluding carboxylic acids is 1. The van der Waals surface area contributed by atoms with E-state index in [9.17, 15) is 4.79 Å². The third kappa shape index (κ3) is 4.10. The van der Waals surface area contributed by atoms with Crippen LogP contribution in [0.3, 0.4) is 0 Å². The smallest absolute Gasteiger partial charge is 0.410 e. The van der Waals surface area contributed by atoms with Crippen LogP contribution in [0.4, 0.5) is 10.5 Å². The predicted octanol–water partition coefficient (Wildman–Crippen LogP) is 3.40. The van der Waals surface area contributed by atoms with Crippen molar-refractivity contribution in [2.24, 2.45) is 5.73 Å². The Balaban J connectivity index is 1.76. The minimum Gasteiger partial charge on any atom is -0.444 e. The van der Waals surface area contributed by atoms with Crippen molar-refractivity contribution in [2.45, 2.75) is 32.8 Å². The molecular weight excluding hydrogens is 326 g/mol. The summed E-state index contributed by atoms with van der Waals surface area (Å²) in [6.07, 6.45) is 0.660. The molecule has 3 rings (SSSR count). The topological polar surface area (TPSA) is 58.8 Å². The number of benzene rings is 2. The summed E-state index contributed by atoms with van der Waals surface area (Å²) in [6.45, 7) is 9.31. The second-order valence-corrected chi connectivity index (χ2v) is 7.78. The number of hydrogen-bond donors (Lipinski definition) is 1. The van der Waals surface area contributed by atoms with Gasteiger partial charge in [-0.05, 0) is 50.8 Å². The van der Waals surface area contributed by atoms with Gasteiger partial charge in [-0.2, -0.15) is 0 Å². The predicted molar refractivity (Wildman–Crippen MR) is 107 cm³/mol. The molecule has 1 amide bonds. The molecule has 26 heavy (non-hydrogen) atoms. The Morgan fingerprint density at radius 1 is 1.04 bits per heavy atom. The van der Waals surface area contributed by atoms with E-state index in [1.165, 1.54) is 22.0 Å². The first kappa shape index (κ1) is 18.5. The van der Waals surface area contributed by atoms with E-state index in [1.54, 1.807) is 4.90 Å². The fraction of sp³-hybridized carbons (Fsp3) is 0.476. The van der Waals surface area contributed by atoms with Gasteiger partial charge in [0.2, 0.25) is 0 Å². The number of amides is 1. The molecule has 1 heterocycles. The molecule has 0 atom stereocenters. The van der Waals surface area contributed by atoms with E-state index in [2.05, 4.69) is 41.3 Å². The fourth-order valence-electron chi connectivity index (χ4n) is 3.45. The lowest BCUT2D eigenvalue weighted by molar-refractivity contribution is 0.0241. The molecule has 0 aromatic heterocycles. The molecule has 0 aliphatic carbocycles. The first-order valence-corrected chi connectivity index (χ1v) is 9.32. The molecule has 140 valence electrons. The SMILES string of the molecule is CC(C)(C)OC(=O)N1CCN(c2ccc(CCN)c3ccccc23)CC1. The lowest BCUT2D eigenvalue weighted by atomic mass is 10.00. The second kappa shape index (κ2) is 7.54. The van der Waals surface area contributed by atoms with E-state index in [0.29, 0.717) is 19.6 Å². The molecule has 2 aromatic carbocycles. The van der Waals surface area contributed by atoms with Crippen LogP contribution in [0.15, 0.2) is 36.4 Å². The van der Waals surface area contributed by atoms with E-state index < -0.39 is 5.60 Å². The number of ether oxygens (including phenoxy) is 1. The number of fused-ring (bicyclic) bond motifs is 1. The number of carbonyl (C=O) groups is 1. The summed E-state index contributed by atoms with van der Waals surface area (Å²) in [5.74, 6) is 0. The number of rotatable bonds is 3. The molecule has 0 unspecified atom stereocenters. The number of piperazine rings is 1. The van der Waals surface area contributed by atoms with Crippen LogP contribution >= 0.6 is 0 Å². The van der Waals surface area contributed by atoms with Crippen LogP contribution < -0.4 is 10.6 Å². The minimum absolute atomic E-state index is 0.222. The molecular formula is C21H29N3O2. The highest BCUT2D eigenvalue weighted by Gasteiger charge is 2.26. The molecule has 1 saturated heterocycles. The van der Waals surface area contributed by atoms with E-state index in [0.717, 1.165) is 19.5 Å². The molecule has 1 fully saturated rings. The van der Waals surface area contributed by atoms with Gasteiger partial charge in [-0.1, -0.05) is 30.3 Å². The Kier molecular flexibility index (Phi) is 5.37. The zero-order chi connectivity index (χ0) is 18.7. The Bertz CT molecular complexity index is 774. The monoisotopic (exact) mass is 355 g/mol. The summed E-state index contributed by atoms with van der Waals surface area (Å²) in [5.41, 5.74) is 7.82. The number of nitrogens with two attached hydrogens (primary N) is 1. The first-order valence-electron chi connectivity index (χ1n) is 9.32. The molecule has 0 radical (unpaired) electrons. The summed E-state index contributed by atoms with van der Waals surface area (Å²) < 4.78 is 5.49. The second-order valence-electron chi connectivity index (χ2n) is 7.78. The molecule has 2 N–H and O–H groups in total. The molecule has 1 aliphatic heterocycles. The molecule has 0 bridgehead atoms. The highest BCUT2D eigenvalue weighted by Crippen LogP contribution is 2.30. The van der Waals surface area contributed by atoms with Crippen molar-refractivity contribution in [3.63, 3.8) is 0 Å². The van der Waals surface area contributed by atoms with Gasteiger partial charge in [0.25, 0.3) is 0 Å². The zero-order valence-corrected chi connectivity index (χ0v) is 16.0. The van der Waals surface area contributed by atoms with Gasteiger partial charge in [0.1, 0.15) is 5.60 Å². The lowest BCUT2D eigenvalue weighted by Crippen LogP contribution is -2.50. The molecule has 5 nitrogen and oxygen atoms in total. The van der Waals surface area contributed by atoms with E-state index in [1.807, 2.05) is 20.8 Å². The minimum atomic E-state index is -0.455. The van der Waals surface area contributed by atoms with Crippen molar-refractivity contribution in [1.82, 2.24) is 4.90 Å². The van der Waals surface area contributed by atoms with Gasteiger partial charge in [0.05, 0.1) is 0 Å². The van der Waals surface area contributed by atoms with Crippen molar-refractivity contribution in [3.8, 4) is 0 Å². The third-order valence-corrected chi connectivity index (χ3v) is 4.68. The fourth-order valence-corrected chi connectivity index (χ4v) is 3.45. The van der Waals surface area contributed by atoms with Crippen LogP contribution in [-0.4, -0.2) is 49.3 Å². The number of nitrogens with zero attached hydrogens (tertiary/aromatic N) is 2. The summed E-state index contributed by atoms with van der Waals surface area (Å²) in [4.78, 5) is 16.4. The summed E-state index contributed by atoms with van der Waals surface area (Å²) in [7, 11) is 0. The maximum Gasteiger partial charge on any atom is 0.410 e. The van der Waals surface area contributed by atoms with Gasteiger partial charge in [-0.25, -0.2) is 4.79 Å². The zero-order valence-electron chi connectivity index (χ0n) is 16.0. The van der Waals surface area contributed by atoms with Gasteiger partial charge in [0.15, 0.2) is 0 Å². The highest BCUT2D eigenvalue weighted by molar-refractivity contribution is 5.96. The molecule has 1 aliphatic rings. The maximum absolute atomic E-state index is 12.3. The van der Waals surface area contributed by atoms with Crippen molar-refractivity contribution in [3.05, 3.63) is 42.0 Å². The highest BCUT2D eigenvalue weighted by atomic mass is 16.6. The van der Waals surface area contributed by atoms with Crippen LogP contribution in [0, 0.1) is 0 Å². The Morgan fingerprint density at radius 3 is 2.31 bits per heavy atom. The third-order valence-electron chi connectivity index (χ3n) is 4.68. The van der Waals surface area contributed by atoms with E-state index in [4.69, 9.17) is 10.5 Å². The van der Waals surface area contributed by atoms with Gasteiger partial charge >= 0.3 is 6.09 Å². The van der Waals surface area contributed by atoms with Crippen LogP contribution in [0.5, 0.6) is 0 Å². The van der Waals surface area contributed by atoms with Crippen molar-refractivity contribution in [2.75, 3.05) is 37.6 Å². The standard InChI is InChI=1S/C21H29N3O2/c1-21(2,3)26-20(25)24-14-12-23(13-15-24)19-9-8-16(10-11-22)17-6-4-5-7-18(17)19/h4-9H,10-15,22H2,1-3H3. The maximum atomic E-state index is 12.3. The van der Waals surface area contributed by atoms with Crippen molar-refractivity contribution in [1.29, 1.82) is 0 Å². The summed E-state index contributed by atoms with van der Waals surface area (Å²) in [5, 5.41) is 2.52. The molecule has 5 heteroatoms. The van der Waals surface area contributed by atoms with Gasteiger partial charge in [0, 0.05) is 37.3 Å². The van der Waals surface area contributed by atoms with Crippen LogP contribution in [-0.2, 0) is 11.2 Å². The van der Waals surface area contributed by atoms with E-state index in [-0.39, 0.29) is 6.09 Å². The van der Waals surface area contributed by atoms with E-state index >= 15 is 0 Å². The van der Waals surface area contributed by atoms with Gasteiger partial charge < -0.3 is 20.3 Å². The largest absolute Gasteiger partial charge is 0.444 e. The summed E-state index contributed by atoms with van der Waals surface area (Å²) in [6, 6.07) is 12.9. The molecule has 0 spiro atoms. The lowest BCUT2D eigenvalue weighted by Gasteiger charge is -2.37. The van der Waals surface area contributed by atoms with Gasteiger partial charge in [-0.3, -0.25) is 0 Å². The first-order chi connectivity index (χ1) is 12.4. The Labute approximate surface area is 155 Å². The average Bonchev–Trinajstić information content (AvgIpc) is 2.61. The van der Waals surface area contributed by atoms with Crippen molar-refractivity contribution >= 4 is 22.6 Å². The Morgan fingerprint density at radius 2 is 1.69 bits per heavy atom. The number of anilines is 1. The summed E-state index contributed by atoms with van der Waals surface area (Å²) >= 11 is 0. The van der Waals surface area contributed by atoms with Crippen LogP contribution in [0.25, 0.3) is 10.8 Å². The average molecular weight is 355 g/mol.